The van der Waals surface area contributed by atoms with Crippen molar-refractivity contribution in [2.45, 2.75) is 37.9 Å². The minimum atomic E-state index is -0.848. The van der Waals surface area contributed by atoms with Crippen LogP contribution in [0.3, 0.4) is 0 Å². The lowest BCUT2D eigenvalue weighted by molar-refractivity contribution is -0.309. The van der Waals surface area contributed by atoms with E-state index >= 15 is 0 Å². The Morgan fingerprint density at radius 1 is 0.923 bits per heavy atom. The van der Waals surface area contributed by atoms with E-state index in [9.17, 15) is 9.59 Å². The molecule has 3 aliphatic rings. The Balaban J connectivity index is 1.91. The molecule has 4 heteroatoms. The van der Waals surface area contributed by atoms with Crippen LogP contribution in [-0.4, -0.2) is 17.7 Å². The minimum Gasteiger partial charge on any atom is -0.413 e. The van der Waals surface area contributed by atoms with Crippen molar-refractivity contribution < 1.29 is 19.1 Å². The van der Waals surface area contributed by atoms with E-state index in [-0.39, 0.29) is 5.41 Å². The van der Waals surface area contributed by atoms with Crippen molar-refractivity contribution in [3.8, 4) is 0 Å². The number of hydrogen-bond acceptors (Lipinski definition) is 4. The Labute approximate surface area is 75.2 Å². The van der Waals surface area contributed by atoms with Gasteiger partial charge in [-0.3, -0.25) is 0 Å². The highest BCUT2D eigenvalue weighted by molar-refractivity contribution is 6.31. The molecule has 2 saturated carbocycles. The molecule has 0 atom stereocenters. The largest absolute Gasteiger partial charge is 0.420 e. The fourth-order valence-corrected chi connectivity index (χ4v) is 2.64. The van der Waals surface area contributed by atoms with Gasteiger partial charge in [0.15, 0.2) is 0 Å². The molecule has 0 aromatic rings. The van der Waals surface area contributed by atoms with Crippen molar-refractivity contribution in [1.29, 1.82) is 0 Å². The summed E-state index contributed by atoms with van der Waals surface area (Å²) in [6.07, 6.45) is 4.90. The predicted molar refractivity (Wildman–Crippen MR) is 40.4 cm³/mol. The number of esters is 2. The molecule has 13 heavy (non-hydrogen) atoms. The van der Waals surface area contributed by atoms with Crippen LogP contribution in [0.2, 0.25) is 0 Å². The molecule has 4 nitrogen and oxygen atoms in total. The van der Waals surface area contributed by atoms with E-state index in [0.29, 0.717) is 6.42 Å². The molecule has 0 aromatic heterocycles. The van der Waals surface area contributed by atoms with Gasteiger partial charge in [-0.05, 0) is 19.3 Å². The maximum absolute atomic E-state index is 10.9. The molecule has 70 valence electrons. The molecule has 2 aliphatic carbocycles. The van der Waals surface area contributed by atoms with Crippen LogP contribution >= 0.6 is 0 Å². The maximum Gasteiger partial charge on any atom is 0.420 e. The zero-order valence-electron chi connectivity index (χ0n) is 7.17. The number of rotatable bonds is 0. The van der Waals surface area contributed by atoms with Crippen LogP contribution in [0.1, 0.15) is 32.1 Å². The average Bonchev–Trinajstić information content (AvgIpc) is 2.26. The van der Waals surface area contributed by atoms with Gasteiger partial charge in [0.2, 0.25) is 0 Å². The second-order valence-corrected chi connectivity index (χ2v) is 4.17. The first-order valence-corrected chi connectivity index (χ1v) is 4.64. The van der Waals surface area contributed by atoms with E-state index in [1.165, 1.54) is 0 Å². The number of ether oxygens (including phenoxy) is 2. The fourth-order valence-electron chi connectivity index (χ4n) is 2.64. The third-order valence-corrected chi connectivity index (χ3v) is 3.73. The highest BCUT2D eigenvalue weighted by Crippen LogP contribution is 2.65. The molecule has 3 rings (SSSR count). The fraction of sp³-hybridized carbons (Fsp3) is 0.778. The first-order chi connectivity index (χ1) is 6.18. The SMILES string of the molecule is O=C1OC2(CCC23CCC3)OC1=O. The monoisotopic (exact) mass is 182 g/mol. The Bertz CT molecular complexity index is 281. The van der Waals surface area contributed by atoms with Gasteiger partial charge in [0.25, 0.3) is 5.79 Å². The topological polar surface area (TPSA) is 52.6 Å². The van der Waals surface area contributed by atoms with Gasteiger partial charge in [0.05, 0.1) is 0 Å². The van der Waals surface area contributed by atoms with Crippen molar-refractivity contribution in [3.05, 3.63) is 0 Å². The molecule has 0 radical (unpaired) electrons. The normalized spacial score (nSPS) is 32.3. The summed E-state index contributed by atoms with van der Waals surface area (Å²) in [5, 5.41) is 0. The summed E-state index contributed by atoms with van der Waals surface area (Å²) in [6, 6.07) is 0. The van der Waals surface area contributed by atoms with E-state index < -0.39 is 17.7 Å². The van der Waals surface area contributed by atoms with Crippen molar-refractivity contribution in [2.24, 2.45) is 5.41 Å². The molecule has 0 unspecified atom stereocenters. The van der Waals surface area contributed by atoms with E-state index in [2.05, 4.69) is 0 Å². The van der Waals surface area contributed by atoms with Gasteiger partial charge in [-0.2, -0.15) is 0 Å². The number of hydrogen-bond donors (Lipinski definition) is 0. The van der Waals surface area contributed by atoms with Crippen LogP contribution < -0.4 is 0 Å². The van der Waals surface area contributed by atoms with Crippen LogP contribution in [0.25, 0.3) is 0 Å². The number of carbonyl (C=O) groups is 2. The second kappa shape index (κ2) is 1.89. The lowest BCUT2D eigenvalue weighted by Crippen LogP contribution is -2.61. The average molecular weight is 182 g/mol. The molecular weight excluding hydrogens is 172 g/mol. The third-order valence-electron chi connectivity index (χ3n) is 3.73. The summed E-state index contributed by atoms with van der Waals surface area (Å²) >= 11 is 0. The van der Waals surface area contributed by atoms with Crippen molar-refractivity contribution in [3.63, 3.8) is 0 Å². The highest BCUT2D eigenvalue weighted by atomic mass is 16.8. The van der Waals surface area contributed by atoms with E-state index in [1.54, 1.807) is 0 Å². The van der Waals surface area contributed by atoms with Crippen LogP contribution in [0.15, 0.2) is 0 Å². The molecular formula is C9H10O4. The van der Waals surface area contributed by atoms with Gasteiger partial charge in [0, 0.05) is 11.8 Å². The molecule has 3 fully saturated rings. The Morgan fingerprint density at radius 3 is 1.85 bits per heavy atom. The molecule has 0 N–H and O–H groups in total. The molecule has 0 aromatic carbocycles. The second-order valence-electron chi connectivity index (χ2n) is 4.17. The number of carbonyl (C=O) groups excluding carboxylic acids is 2. The van der Waals surface area contributed by atoms with Crippen molar-refractivity contribution >= 4 is 11.9 Å². The first kappa shape index (κ1) is 7.35. The minimum absolute atomic E-state index is 0.00514. The van der Waals surface area contributed by atoms with E-state index in [4.69, 9.17) is 9.47 Å². The van der Waals surface area contributed by atoms with Crippen LogP contribution in [0, 0.1) is 5.41 Å². The van der Waals surface area contributed by atoms with Crippen LogP contribution in [0.5, 0.6) is 0 Å². The standard InChI is InChI=1S/C9H10O4/c10-6-7(11)13-9(12-6)5-4-8(9)2-1-3-8/h1-5H2. The Morgan fingerprint density at radius 2 is 1.54 bits per heavy atom. The summed E-state index contributed by atoms with van der Waals surface area (Å²) in [4.78, 5) is 21.8. The maximum atomic E-state index is 10.9. The first-order valence-electron chi connectivity index (χ1n) is 4.64. The molecule has 0 bridgehead atoms. The highest BCUT2D eigenvalue weighted by Gasteiger charge is 2.70. The zero-order chi connectivity index (χ0) is 9.10. The third kappa shape index (κ3) is 0.641. The molecule has 0 amide bonds. The summed E-state index contributed by atoms with van der Waals surface area (Å²) in [5.41, 5.74) is -0.00514. The van der Waals surface area contributed by atoms with E-state index in [0.717, 1.165) is 25.7 Å². The van der Waals surface area contributed by atoms with Gasteiger partial charge in [-0.15, -0.1) is 0 Å². The van der Waals surface area contributed by atoms with Gasteiger partial charge in [-0.25, -0.2) is 9.59 Å². The Hall–Kier alpha value is -1.06. The van der Waals surface area contributed by atoms with Gasteiger partial charge < -0.3 is 9.47 Å². The molecule has 1 saturated heterocycles. The lowest BCUT2D eigenvalue weighted by Gasteiger charge is -2.58. The summed E-state index contributed by atoms with van der Waals surface area (Å²) in [6.45, 7) is 0. The van der Waals surface area contributed by atoms with Gasteiger partial charge in [0.1, 0.15) is 0 Å². The summed E-state index contributed by atoms with van der Waals surface area (Å²) in [7, 11) is 0. The smallest absolute Gasteiger partial charge is 0.413 e. The summed E-state index contributed by atoms with van der Waals surface area (Å²) < 4.78 is 10.1. The van der Waals surface area contributed by atoms with Crippen molar-refractivity contribution in [1.82, 2.24) is 0 Å². The Kier molecular flexibility index (Phi) is 1.07. The number of fused-ring (bicyclic) bond motifs is 1. The van der Waals surface area contributed by atoms with Gasteiger partial charge in [-0.1, -0.05) is 6.42 Å². The van der Waals surface area contributed by atoms with Crippen molar-refractivity contribution in [2.75, 3.05) is 0 Å². The lowest BCUT2D eigenvalue weighted by atomic mass is 9.52. The quantitative estimate of drug-likeness (QED) is 0.409. The summed E-state index contributed by atoms with van der Waals surface area (Å²) in [5.74, 6) is -2.48. The molecule has 2 spiro atoms. The zero-order valence-corrected chi connectivity index (χ0v) is 7.17. The van der Waals surface area contributed by atoms with Gasteiger partial charge >= 0.3 is 11.9 Å². The molecule has 1 heterocycles. The molecule has 1 aliphatic heterocycles. The van der Waals surface area contributed by atoms with Crippen LogP contribution in [0.4, 0.5) is 0 Å². The predicted octanol–water partition coefficient (Wildman–Crippen LogP) is 0.747. The van der Waals surface area contributed by atoms with E-state index in [1.807, 2.05) is 0 Å². The van der Waals surface area contributed by atoms with Crippen LogP contribution in [-0.2, 0) is 19.1 Å².